The minimum absolute atomic E-state index is 0.419. The normalized spacial score (nSPS) is 30.6. The lowest BCUT2D eigenvalue weighted by molar-refractivity contribution is -0.127. The zero-order valence-corrected chi connectivity index (χ0v) is 17.2. The van der Waals surface area contributed by atoms with Gasteiger partial charge in [0.05, 0.1) is 0 Å². The maximum absolute atomic E-state index is 12.5. The van der Waals surface area contributed by atoms with Crippen LogP contribution in [-0.4, -0.2) is 5.78 Å². The summed E-state index contributed by atoms with van der Waals surface area (Å²) in [5.74, 6) is 3.64. The highest BCUT2D eigenvalue weighted by atomic mass is 16.1. The molecule has 0 aromatic rings. The van der Waals surface area contributed by atoms with Crippen LogP contribution in [-0.2, 0) is 4.79 Å². The molecule has 2 fully saturated rings. The Labute approximate surface area is 157 Å². The van der Waals surface area contributed by atoms with Gasteiger partial charge in [-0.2, -0.15) is 0 Å². The maximum Gasteiger partial charge on any atom is 0.136 e. The summed E-state index contributed by atoms with van der Waals surface area (Å²) >= 11 is 0. The van der Waals surface area contributed by atoms with Gasteiger partial charge in [-0.1, -0.05) is 84.5 Å². The molecule has 2 saturated carbocycles. The van der Waals surface area contributed by atoms with E-state index in [1.54, 1.807) is 0 Å². The first kappa shape index (κ1) is 21.0. The van der Waals surface area contributed by atoms with E-state index in [-0.39, 0.29) is 0 Å². The second-order valence-electron chi connectivity index (χ2n) is 9.18. The van der Waals surface area contributed by atoms with Gasteiger partial charge in [0.2, 0.25) is 0 Å². The number of rotatable bonds is 11. The van der Waals surface area contributed by atoms with E-state index in [2.05, 4.69) is 13.8 Å². The smallest absolute Gasteiger partial charge is 0.136 e. The third-order valence-electron chi connectivity index (χ3n) is 7.23. The number of hydrogen-bond acceptors (Lipinski definition) is 1. The first-order chi connectivity index (χ1) is 12.2. The topological polar surface area (TPSA) is 17.1 Å². The minimum Gasteiger partial charge on any atom is -0.299 e. The fourth-order valence-electron chi connectivity index (χ4n) is 5.44. The van der Waals surface area contributed by atoms with Crippen molar-refractivity contribution in [2.75, 3.05) is 0 Å². The third kappa shape index (κ3) is 7.43. The van der Waals surface area contributed by atoms with Crippen molar-refractivity contribution >= 4 is 5.78 Å². The molecule has 2 rings (SSSR count). The molecule has 2 aliphatic rings. The summed E-state index contributed by atoms with van der Waals surface area (Å²) in [6, 6.07) is 0. The van der Waals surface area contributed by atoms with E-state index in [0.29, 0.717) is 11.7 Å². The Morgan fingerprint density at radius 2 is 1.28 bits per heavy atom. The standard InChI is InChI=1S/C24H44O/c1-3-5-7-8-10-11-20-13-15-21(16-14-20)23-18-17-22(24(25)19-23)12-9-6-4-2/h20-23H,3-19H2,1-2H3/t20-,21-,22?,23?. The SMILES string of the molecule is CCCCCCC[C@H]1CC[C@H](C2CCC(CCCCC)C(=O)C2)CC1. The van der Waals surface area contributed by atoms with Gasteiger partial charge in [0.15, 0.2) is 0 Å². The van der Waals surface area contributed by atoms with Crippen LogP contribution in [0.4, 0.5) is 0 Å². The molecule has 1 heteroatoms. The molecule has 25 heavy (non-hydrogen) atoms. The summed E-state index contributed by atoms with van der Waals surface area (Å²) in [7, 11) is 0. The van der Waals surface area contributed by atoms with Crippen LogP contribution in [0.3, 0.4) is 0 Å². The van der Waals surface area contributed by atoms with Crippen molar-refractivity contribution in [3.8, 4) is 0 Å². The number of Topliss-reactive ketones (excluding diaryl/α,β-unsaturated/α-hetero) is 1. The van der Waals surface area contributed by atoms with Crippen LogP contribution >= 0.6 is 0 Å². The predicted molar refractivity (Wildman–Crippen MR) is 109 cm³/mol. The van der Waals surface area contributed by atoms with Gasteiger partial charge in [0.1, 0.15) is 5.78 Å². The molecule has 0 bridgehead atoms. The van der Waals surface area contributed by atoms with Crippen LogP contribution in [0.5, 0.6) is 0 Å². The first-order valence-electron chi connectivity index (χ1n) is 11.8. The molecule has 0 aromatic carbocycles. The fraction of sp³-hybridized carbons (Fsp3) is 0.958. The van der Waals surface area contributed by atoms with Crippen molar-refractivity contribution in [3.05, 3.63) is 0 Å². The van der Waals surface area contributed by atoms with Crippen molar-refractivity contribution in [2.45, 2.75) is 123 Å². The van der Waals surface area contributed by atoms with E-state index in [1.165, 1.54) is 103 Å². The lowest BCUT2D eigenvalue weighted by Crippen LogP contribution is -2.31. The van der Waals surface area contributed by atoms with E-state index < -0.39 is 0 Å². The number of unbranched alkanes of at least 4 members (excludes halogenated alkanes) is 6. The molecule has 0 N–H and O–H groups in total. The summed E-state index contributed by atoms with van der Waals surface area (Å²) in [6.07, 6.45) is 22.8. The van der Waals surface area contributed by atoms with Gasteiger partial charge in [0.25, 0.3) is 0 Å². The van der Waals surface area contributed by atoms with Crippen molar-refractivity contribution < 1.29 is 4.79 Å². The molecule has 0 amide bonds. The molecule has 1 nitrogen and oxygen atoms in total. The second kappa shape index (κ2) is 12.1. The summed E-state index contributed by atoms with van der Waals surface area (Å²) in [4.78, 5) is 12.5. The number of carbonyl (C=O) groups is 1. The van der Waals surface area contributed by atoms with E-state index in [9.17, 15) is 4.79 Å². The zero-order chi connectivity index (χ0) is 17.9. The van der Waals surface area contributed by atoms with E-state index in [4.69, 9.17) is 0 Å². The average molecular weight is 349 g/mol. The van der Waals surface area contributed by atoms with Gasteiger partial charge < -0.3 is 0 Å². The number of ketones is 1. The highest BCUT2D eigenvalue weighted by Gasteiger charge is 2.34. The lowest BCUT2D eigenvalue weighted by atomic mass is 9.68. The summed E-state index contributed by atoms with van der Waals surface area (Å²) in [5.41, 5.74) is 0. The molecular formula is C24H44O. The van der Waals surface area contributed by atoms with E-state index in [0.717, 1.165) is 24.2 Å². The highest BCUT2D eigenvalue weighted by Crippen LogP contribution is 2.42. The van der Waals surface area contributed by atoms with E-state index >= 15 is 0 Å². The summed E-state index contributed by atoms with van der Waals surface area (Å²) in [6.45, 7) is 4.55. The Bertz CT molecular complexity index is 353. The van der Waals surface area contributed by atoms with E-state index in [1.807, 2.05) is 0 Å². The van der Waals surface area contributed by atoms with Gasteiger partial charge in [-0.15, -0.1) is 0 Å². The second-order valence-corrected chi connectivity index (χ2v) is 9.18. The molecule has 0 radical (unpaired) electrons. The molecular weight excluding hydrogens is 304 g/mol. The Hall–Kier alpha value is -0.330. The lowest BCUT2D eigenvalue weighted by Gasteiger charge is -2.37. The molecule has 0 saturated heterocycles. The quantitative estimate of drug-likeness (QED) is 0.349. The van der Waals surface area contributed by atoms with Gasteiger partial charge >= 0.3 is 0 Å². The van der Waals surface area contributed by atoms with Crippen LogP contribution in [0.25, 0.3) is 0 Å². The molecule has 0 aliphatic heterocycles. The van der Waals surface area contributed by atoms with Crippen molar-refractivity contribution in [1.82, 2.24) is 0 Å². The molecule has 2 aliphatic carbocycles. The Morgan fingerprint density at radius 1 is 0.680 bits per heavy atom. The van der Waals surface area contributed by atoms with Crippen LogP contribution in [0.15, 0.2) is 0 Å². The third-order valence-corrected chi connectivity index (χ3v) is 7.23. The number of carbonyl (C=O) groups excluding carboxylic acids is 1. The zero-order valence-electron chi connectivity index (χ0n) is 17.2. The molecule has 2 atom stereocenters. The molecule has 146 valence electrons. The van der Waals surface area contributed by atoms with Crippen LogP contribution < -0.4 is 0 Å². The summed E-state index contributed by atoms with van der Waals surface area (Å²) < 4.78 is 0. The maximum atomic E-state index is 12.5. The van der Waals surface area contributed by atoms with Crippen molar-refractivity contribution in [1.29, 1.82) is 0 Å². The summed E-state index contributed by atoms with van der Waals surface area (Å²) in [5, 5.41) is 0. The van der Waals surface area contributed by atoms with Crippen molar-refractivity contribution in [3.63, 3.8) is 0 Å². The molecule has 0 heterocycles. The van der Waals surface area contributed by atoms with Gasteiger partial charge in [-0.25, -0.2) is 0 Å². The average Bonchev–Trinajstić information content (AvgIpc) is 2.63. The first-order valence-corrected chi connectivity index (χ1v) is 11.8. The van der Waals surface area contributed by atoms with Crippen LogP contribution in [0.1, 0.15) is 123 Å². The monoisotopic (exact) mass is 348 g/mol. The number of hydrogen-bond donors (Lipinski definition) is 0. The largest absolute Gasteiger partial charge is 0.299 e. The highest BCUT2D eigenvalue weighted by molar-refractivity contribution is 5.81. The van der Waals surface area contributed by atoms with Crippen molar-refractivity contribution in [2.24, 2.45) is 23.7 Å². The Balaban J connectivity index is 1.60. The Morgan fingerprint density at radius 3 is 1.96 bits per heavy atom. The van der Waals surface area contributed by atoms with Gasteiger partial charge in [-0.05, 0) is 49.9 Å². The van der Waals surface area contributed by atoms with Crippen LogP contribution in [0.2, 0.25) is 0 Å². The fourth-order valence-corrected chi connectivity index (χ4v) is 5.44. The Kier molecular flexibility index (Phi) is 10.2. The molecule has 0 spiro atoms. The molecule has 0 aromatic heterocycles. The predicted octanol–water partition coefficient (Wildman–Crippen LogP) is 7.72. The minimum atomic E-state index is 0.419. The van der Waals surface area contributed by atoms with Crippen LogP contribution in [0, 0.1) is 23.7 Å². The molecule has 2 unspecified atom stereocenters. The van der Waals surface area contributed by atoms with Gasteiger partial charge in [0, 0.05) is 12.3 Å². The van der Waals surface area contributed by atoms with Gasteiger partial charge in [-0.3, -0.25) is 4.79 Å².